The summed E-state index contributed by atoms with van der Waals surface area (Å²) in [5, 5.41) is 3.47. The van der Waals surface area contributed by atoms with Crippen LogP contribution in [0, 0.1) is 0 Å². The third-order valence-corrected chi connectivity index (χ3v) is 3.57. The summed E-state index contributed by atoms with van der Waals surface area (Å²) < 4.78 is 5.47. The zero-order chi connectivity index (χ0) is 12.0. The molecule has 0 aromatic heterocycles. The van der Waals surface area contributed by atoms with Crippen LogP contribution in [-0.2, 0) is 4.74 Å². The molecule has 0 radical (unpaired) electrons. The molecule has 0 heterocycles. The predicted molar refractivity (Wildman–Crippen MR) is 68.8 cm³/mol. The van der Waals surface area contributed by atoms with E-state index in [-0.39, 0.29) is 0 Å². The van der Waals surface area contributed by atoms with Crippen molar-refractivity contribution in [3.05, 3.63) is 0 Å². The summed E-state index contributed by atoms with van der Waals surface area (Å²) in [5.74, 6) is 0. The molecule has 0 bridgehead atoms. The summed E-state index contributed by atoms with van der Waals surface area (Å²) in [6.07, 6.45) is 5.57. The maximum Gasteiger partial charge on any atom is 0.0586 e. The minimum absolute atomic E-state index is 0.485. The van der Waals surface area contributed by atoms with Crippen molar-refractivity contribution in [2.45, 2.75) is 57.7 Å². The third kappa shape index (κ3) is 4.81. The van der Waals surface area contributed by atoms with Crippen molar-refractivity contribution in [3.8, 4) is 0 Å². The molecule has 0 spiro atoms. The number of nitrogens with one attached hydrogen (secondary N) is 1. The van der Waals surface area contributed by atoms with E-state index in [1.807, 2.05) is 7.11 Å². The van der Waals surface area contributed by atoms with Gasteiger partial charge in [-0.1, -0.05) is 13.8 Å². The summed E-state index contributed by atoms with van der Waals surface area (Å²) in [6.45, 7) is 6.62. The number of ether oxygens (including phenoxy) is 1. The van der Waals surface area contributed by atoms with Crippen molar-refractivity contribution in [2.24, 2.45) is 0 Å². The van der Waals surface area contributed by atoms with E-state index in [9.17, 15) is 0 Å². The zero-order valence-corrected chi connectivity index (χ0v) is 11.3. The summed E-state index contributed by atoms with van der Waals surface area (Å²) in [6, 6.07) is 1.30. The van der Waals surface area contributed by atoms with Crippen molar-refractivity contribution in [3.63, 3.8) is 0 Å². The molecule has 1 fully saturated rings. The molecule has 0 amide bonds. The van der Waals surface area contributed by atoms with E-state index >= 15 is 0 Å². The average Bonchev–Trinajstić information content (AvgIpc) is 2.28. The van der Waals surface area contributed by atoms with Crippen LogP contribution in [0.25, 0.3) is 0 Å². The highest BCUT2D eigenvalue weighted by atomic mass is 16.5. The summed E-state index contributed by atoms with van der Waals surface area (Å²) in [4.78, 5) is 2.49. The largest absolute Gasteiger partial charge is 0.381 e. The molecule has 0 aromatic rings. The SMILES string of the molecule is COC1CCCC(N(C)CCNC(C)C)C1. The Morgan fingerprint density at radius 1 is 1.38 bits per heavy atom. The first-order valence-corrected chi connectivity index (χ1v) is 6.60. The smallest absolute Gasteiger partial charge is 0.0586 e. The van der Waals surface area contributed by atoms with Gasteiger partial charge in [-0.25, -0.2) is 0 Å². The fourth-order valence-electron chi connectivity index (χ4n) is 2.45. The van der Waals surface area contributed by atoms with E-state index in [1.165, 1.54) is 25.7 Å². The molecule has 0 saturated heterocycles. The van der Waals surface area contributed by atoms with Gasteiger partial charge in [-0.15, -0.1) is 0 Å². The molecule has 16 heavy (non-hydrogen) atoms. The standard InChI is InChI=1S/C13H28N2O/c1-11(2)14-8-9-15(3)12-6-5-7-13(10-12)16-4/h11-14H,5-10H2,1-4H3. The summed E-state index contributed by atoms with van der Waals surface area (Å²) in [7, 11) is 4.08. The summed E-state index contributed by atoms with van der Waals surface area (Å²) in [5.41, 5.74) is 0. The van der Waals surface area contributed by atoms with E-state index in [0.717, 1.165) is 13.1 Å². The van der Waals surface area contributed by atoms with E-state index < -0.39 is 0 Å². The molecular weight excluding hydrogens is 200 g/mol. The van der Waals surface area contributed by atoms with Crippen LogP contribution < -0.4 is 5.32 Å². The molecule has 1 rings (SSSR count). The lowest BCUT2D eigenvalue weighted by Gasteiger charge is -2.35. The Kier molecular flexibility index (Phi) is 6.32. The van der Waals surface area contributed by atoms with Gasteiger partial charge < -0.3 is 15.0 Å². The first kappa shape index (κ1) is 13.9. The highest BCUT2D eigenvalue weighted by Crippen LogP contribution is 2.23. The number of methoxy groups -OCH3 is 1. The van der Waals surface area contributed by atoms with Gasteiger partial charge in [-0.2, -0.15) is 0 Å². The number of hydrogen-bond donors (Lipinski definition) is 1. The Bertz CT molecular complexity index is 185. The Morgan fingerprint density at radius 2 is 2.12 bits per heavy atom. The number of likely N-dealkylation sites (N-methyl/N-ethyl adjacent to an activating group) is 1. The monoisotopic (exact) mass is 228 g/mol. The first-order chi connectivity index (χ1) is 7.63. The minimum atomic E-state index is 0.485. The highest BCUT2D eigenvalue weighted by Gasteiger charge is 2.24. The molecule has 0 aliphatic heterocycles. The van der Waals surface area contributed by atoms with E-state index in [0.29, 0.717) is 18.2 Å². The molecule has 3 nitrogen and oxygen atoms in total. The number of rotatable bonds is 6. The Morgan fingerprint density at radius 3 is 2.75 bits per heavy atom. The van der Waals surface area contributed by atoms with Crippen LogP contribution in [0.4, 0.5) is 0 Å². The van der Waals surface area contributed by atoms with Crippen LogP contribution in [0.2, 0.25) is 0 Å². The molecule has 1 aliphatic carbocycles. The van der Waals surface area contributed by atoms with Gasteiger partial charge in [0, 0.05) is 32.3 Å². The maximum atomic E-state index is 5.47. The molecule has 96 valence electrons. The molecule has 2 atom stereocenters. The predicted octanol–water partition coefficient (Wildman–Crippen LogP) is 1.87. The number of hydrogen-bond acceptors (Lipinski definition) is 3. The van der Waals surface area contributed by atoms with Gasteiger partial charge in [-0.05, 0) is 32.7 Å². The molecule has 3 heteroatoms. The second-order valence-electron chi connectivity index (χ2n) is 5.27. The normalized spacial score (nSPS) is 26.6. The highest BCUT2D eigenvalue weighted by molar-refractivity contribution is 4.79. The van der Waals surface area contributed by atoms with Crippen LogP contribution >= 0.6 is 0 Å². The minimum Gasteiger partial charge on any atom is -0.381 e. The van der Waals surface area contributed by atoms with Crippen LogP contribution in [0.15, 0.2) is 0 Å². The Labute approximate surface area is 101 Å². The van der Waals surface area contributed by atoms with Gasteiger partial charge in [0.05, 0.1) is 6.10 Å². The Hall–Kier alpha value is -0.120. The fourth-order valence-corrected chi connectivity index (χ4v) is 2.45. The fraction of sp³-hybridized carbons (Fsp3) is 1.00. The van der Waals surface area contributed by atoms with Crippen LogP contribution in [0.3, 0.4) is 0 Å². The van der Waals surface area contributed by atoms with Crippen LogP contribution in [-0.4, -0.2) is 50.3 Å². The van der Waals surface area contributed by atoms with E-state index in [2.05, 4.69) is 31.1 Å². The maximum absolute atomic E-state index is 5.47. The average molecular weight is 228 g/mol. The van der Waals surface area contributed by atoms with E-state index in [1.54, 1.807) is 0 Å². The lowest BCUT2D eigenvalue weighted by atomic mass is 9.92. The molecular formula is C13H28N2O. The molecule has 1 aliphatic rings. The van der Waals surface area contributed by atoms with Crippen molar-refractivity contribution >= 4 is 0 Å². The van der Waals surface area contributed by atoms with Gasteiger partial charge in [0.2, 0.25) is 0 Å². The van der Waals surface area contributed by atoms with Gasteiger partial charge in [0.15, 0.2) is 0 Å². The quantitative estimate of drug-likeness (QED) is 0.751. The van der Waals surface area contributed by atoms with E-state index in [4.69, 9.17) is 4.74 Å². The van der Waals surface area contributed by atoms with Crippen molar-refractivity contribution in [2.75, 3.05) is 27.2 Å². The van der Waals surface area contributed by atoms with Gasteiger partial charge in [-0.3, -0.25) is 0 Å². The first-order valence-electron chi connectivity index (χ1n) is 6.60. The van der Waals surface area contributed by atoms with Crippen molar-refractivity contribution < 1.29 is 4.74 Å². The summed E-state index contributed by atoms with van der Waals surface area (Å²) >= 11 is 0. The van der Waals surface area contributed by atoms with Crippen LogP contribution in [0.1, 0.15) is 39.5 Å². The van der Waals surface area contributed by atoms with Crippen LogP contribution in [0.5, 0.6) is 0 Å². The molecule has 1 saturated carbocycles. The third-order valence-electron chi connectivity index (χ3n) is 3.57. The molecule has 1 N–H and O–H groups in total. The topological polar surface area (TPSA) is 24.5 Å². The number of nitrogens with zero attached hydrogens (tertiary/aromatic N) is 1. The zero-order valence-electron chi connectivity index (χ0n) is 11.3. The lowest BCUT2D eigenvalue weighted by Crippen LogP contribution is -2.42. The van der Waals surface area contributed by atoms with Gasteiger partial charge in [0.1, 0.15) is 0 Å². The van der Waals surface area contributed by atoms with Crippen molar-refractivity contribution in [1.82, 2.24) is 10.2 Å². The second-order valence-corrected chi connectivity index (χ2v) is 5.27. The van der Waals surface area contributed by atoms with Gasteiger partial charge >= 0.3 is 0 Å². The molecule has 2 unspecified atom stereocenters. The Balaban J connectivity index is 2.21. The molecule has 0 aromatic carbocycles. The lowest BCUT2D eigenvalue weighted by molar-refractivity contribution is 0.0348. The second kappa shape index (κ2) is 7.25. The van der Waals surface area contributed by atoms with Gasteiger partial charge in [0.25, 0.3) is 0 Å². The van der Waals surface area contributed by atoms with Crippen molar-refractivity contribution in [1.29, 1.82) is 0 Å².